The van der Waals surface area contributed by atoms with Gasteiger partial charge in [-0.2, -0.15) is 9.98 Å². The van der Waals surface area contributed by atoms with Gasteiger partial charge in [0.25, 0.3) is 0 Å². The molecule has 1 aromatic carbocycles. The highest BCUT2D eigenvalue weighted by atomic mass is 16.1. The highest BCUT2D eigenvalue weighted by molar-refractivity contribution is 5.42. The van der Waals surface area contributed by atoms with Crippen molar-refractivity contribution in [2.75, 3.05) is 0 Å². The van der Waals surface area contributed by atoms with E-state index in [0.29, 0.717) is 5.56 Å². The summed E-state index contributed by atoms with van der Waals surface area (Å²) < 4.78 is 0. The highest BCUT2D eigenvalue weighted by Gasteiger charge is 2.24. The van der Waals surface area contributed by atoms with Crippen LogP contribution < -0.4 is 0 Å². The molecule has 1 rings (SSSR count). The Morgan fingerprint density at radius 1 is 1.07 bits per heavy atom. The SMILES string of the molecule is CC(N=C=O)(N=C=O)c1ccccc1. The predicted octanol–water partition coefficient (Wildman–Crippen LogP) is 1.53. The smallest absolute Gasteiger partial charge is 0.211 e. The van der Waals surface area contributed by atoms with Crippen LogP contribution in [0.5, 0.6) is 0 Å². The minimum atomic E-state index is -1.20. The third kappa shape index (κ3) is 2.02. The number of rotatable bonds is 3. The summed E-state index contributed by atoms with van der Waals surface area (Å²) in [6.45, 7) is 1.54. The van der Waals surface area contributed by atoms with E-state index in [1.807, 2.05) is 6.07 Å². The summed E-state index contributed by atoms with van der Waals surface area (Å²) in [4.78, 5) is 27.3. The summed E-state index contributed by atoms with van der Waals surface area (Å²) in [6.07, 6.45) is 2.79. The third-order valence-electron chi connectivity index (χ3n) is 1.85. The van der Waals surface area contributed by atoms with Crippen LogP contribution in [0.2, 0.25) is 0 Å². The van der Waals surface area contributed by atoms with Crippen molar-refractivity contribution in [2.24, 2.45) is 9.98 Å². The maximum Gasteiger partial charge on any atom is 0.237 e. The Morgan fingerprint density at radius 3 is 2.00 bits per heavy atom. The number of hydrogen-bond donors (Lipinski definition) is 0. The first-order chi connectivity index (χ1) is 6.73. The van der Waals surface area contributed by atoms with Gasteiger partial charge in [-0.15, -0.1) is 0 Å². The van der Waals surface area contributed by atoms with Crippen molar-refractivity contribution in [3.63, 3.8) is 0 Å². The van der Waals surface area contributed by atoms with E-state index in [2.05, 4.69) is 9.98 Å². The Kier molecular flexibility index (Phi) is 3.08. The van der Waals surface area contributed by atoms with E-state index in [4.69, 9.17) is 0 Å². The molecule has 1 aromatic rings. The van der Waals surface area contributed by atoms with Gasteiger partial charge >= 0.3 is 0 Å². The predicted molar refractivity (Wildman–Crippen MR) is 50.0 cm³/mol. The minimum absolute atomic E-state index is 0.645. The molecule has 0 amide bonds. The molecule has 14 heavy (non-hydrogen) atoms. The highest BCUT2D eigenvalue weighted by Crippen LogP contribution is 2.25. The van der Waals surface area contributed by atoms with Gasteiger partial charge in [-0.1, -0.05) is 30.3 Å². The van der Waals surface area contributed by atoms with Gasteiger partial charge in [0.15, 0.2) is 5.66 Å². The van der Waals surface area contributed by atoms with Crippen LogP contribution in [0, 0.1) is 0 Å². The fraction of sp³-hybridized carbons (Fsp3) is 0.200. The molecule has 0 aliphatic carbocycles. The topological polar surface area (TPSA) is 58.9 Å². The largest absolute Gasteiger partial charge is 0.237 e. The normalized spacial score (nSPS) is 13.2. The second kappa shape index (κ2) is 4.28. The first-order valence-electron chi connectivity index (χ1n) is 3.96. The average Bonchev–Trinajstić information content (AvgIpc) is 2.20. The van der Waals surface area contributed by atoms with Gasteiger partial charge in [0, 0.05) is 5.56 Å². The monoisotopic (exact) mass is 188 g/mol. The van der Waals surface area contributed by atoms with E-state index in [-0.39, 0.29) is 0 Å². The van der Waals surface area contributed by atoms with Gasteiger partial charge in [0.05, 0.1) is 0 Å². The number of benzene rings is 1. The van der Waals surface area contributed by atoms with Crippen molar-refractivity contribution in [2.45, 2.75) is 12.6 Å². The van der Waals surface area contributed by atoms with E-state index in [1.54, 1.807) is 24.3 Å². The van der Waals surface area contributed by atoms with Crippen LogP contribution in [-0.2, 0) is 15.3 Å². The second-order valence-electron chi connectivity index (χ2n) is 2.79. The number of aliphatic imine (C=N–C) groups is 2. The van der Waals surface area contributed by atoms with Gasteiger partial charge in [0.2, 0.25) is 12.2 Å². The number of nitrogens with zero attached hydrogens (tertiary/aromatic N) is 2. The van der Waals surface area contributed by atoms with Crippen LogP contribution >= 0.6 is 0 Å². The zero-order chi connectivity index (χ0) is 10.4. The van der Waals surface area contributed by atoms with Gasteiger partial charge in [-0.3, -0.25) is 0 Å². The molecule has 70 valence electrons. The molecule has 0 N–H and O–H groups in total. The zero-order valence-electron chi connectivity index (χ0n) is 7.60. The Hall–Kier alpha value is -2.02. The van der Waals surface area contributed by atoms with Crippen molar-refractivity contribution >= 4 is 12.2 Å². The zero-order valence-corrected chi connectivity index (χ0v) is 7.60. The molecule has 0 radical (unpaired) electrons. The van der Waals surface area contributed by atoms with E-state index in [0.717, 1.165) is 0 Å². The van der Waals surface area contributed by atoms with E-state index in [1.165, 1.54) is 19.1 Å². The molecule has 0 bridgehead atoms. The second-order valence-corrected chi connectivity index (χ2v) is 2.79. The Morgan fingerprint density at radius 2 is 1.57 bits per heavy atom. The third-order valence-corrected chi connectivity index (χ3v) is 1.85. The lowest BCUT2D eigenvalue weighted by molar-refractivity contribution is 0.492. The lowest BCUT2D eigenvalue weighted by Gasteiger charge is -2.15. The summed E-state index contributed by atoms with van der Waals surface area (Å²) in [5, 5.41) is 0. The van der Waals surface area contributed by atoms with Crippen LogP contribution in [-0.4, -0.2) is 12.2 Å². The van der Waals surface area contributed by atoms with Crippen molar-refractivity contribution in [3.8, 4) is 0 Å². The first-order valence-corrected chi connectivity index (χ1v) is 3.96. The van der Waals surface area contributed by atoms with Gasteiger partial charge in [-0.05, 0) is 6.92 Å². The quantitative estimate of drug-likeness (QED) is 0.533. The maximum atomic E-state index is 10.2. The Labute approximate surface area is 81.0 Å². The van der Waals surface area contributed by atoms with Crippen LogP contribution in [0.15, 0.2) is 40.3 Å². The van der Waals surface area contributed by atoms with Crippen molar-refractivity contribution in [3.05, 3.63) is 35.9 Å². The van der Waals surface area contributed by atoms with E-state index in [9.17, 15) is 9.59 Å². The summed E-state index contributed by atoms with van der Waals surface area (Å²) in [7, 11) is 0. The molecule has 0 saturated heterocycles. The number of isocyanates is 2. The van der Waals surface area contributed by atoms with Gasteiger partial charge in [-0.25, -0.2) is 9.59 Å². The molecule has 4 heteroatoms. The van der Waals surface area contributed by atoms with Crippen molar-refractivity contribution in [1.29, 1.82) is 0 Å². The number of carbonyl (C=O) groups excluding carboxylic acids is 2. The fourth-order valence-corrected chi connectivity index (χ4v) is 1.09. The Bertz CT molecular complexity index is 383. The summed E-state index contributed by atoms with van der Waals surface area (Å²) in [5.74, 6) is 0. The number of hydrogen-bond acceptors (Lipinski definition) is 4. The van der Waals surface area contributed by atoms with Crippen LogP contribution in [0.4, 0.5) is 0 Å². The fourth-order valence-electron chi connectivity index (χ4n) is 1.09. The molecular weight excluding hydrogens is 180 g/mol. The lowest BCUT2D eigenvalue weighted by Crippen LogP contribution is -2.15. The van der Waals surface area contributed by atoms with Gasteiger partial charge in [0.1, 0.15) is 0 Å². The first kappa shape index (κ1) is 10.1. The Balaban J connectivity index is 3.25. The van der Waals surface area contributed by atoms with Crippen molar-refractivity contribution in [1.82, 2.24) is 0 Å². The van der Waals surface area contributed by atoms with Gasteiger partial charge < -0.3 is 0 Å². The van der Waals surface area contributed by atoms with Crippen LogP contribution in [0.25, 0.3) is 0 Å². The summed E-state index contributed by atoms with van der Waals surface area (Å²) in [6, 6.07) is 8.81. The molecule has 0 saturated carbocycles. The van der Waals surface area contributed by atoms with E-state index >= 15 is 0 Å². The van der Waals surface area contributed by atoms with Crippen molar-refractivity contribution < 1.29 is 9.59 Å². The standard InChI is InChI=1S/C10H8N2O2/c1-10(11-7-13,12-8-14)9-5-3-2-4-6-9/h2-6H,1H3. The molecule has 0 unspecified atom stereocenters. The molecule has 0 aliphatic heterocycles. The minimum Gasteiger partial charge on any atom is -0.211 e. The summed E-state index contributed by atoms with van der Waals surface area (Å²) >= 11 is 0. The molecule has 0 atom stereocenters. The lowest BCUT2D eigenvalue weighted by atomic mass is 10.0. The molecule has 0 spiro atoms. The molecule has 0 heterocycles. The molecular formula is C10H8N2O2. The maximum absolute atomic E-state index is 10.2. The average molecular weight is 188 g/mol. The summed E-state index contributed by atoms with van der Waals surface area (Å²) in [5.41, 5.74) is -0.559. The van der Waals surface area contributed by atoms with E-state index < -0.39 is 5.66 Å². The molecule has 4 nitrogen and oxygen atoms in total. The molecule has 0 aromatic heterocycles. The molecule has 0 aliphatic rings. The molecule has 0 fully saturated rings. The van der Waals surface area contributed by atoms with Crippen LogP contribution in [0.1, 0.15) is 12.5 Å². The van der Waals surface area contributed by atoms with Crippen LogP contribution in [0.3, 0.4) is 0 Å².